The van der Waals surface area contributed by atoms with Crippen molar-refractivity contribution in [2.75, 3.05) is 10.6 Å². The minimum atomic E-state index is -6.00. The van der Waals surface area contributed by atoms with Gasteiger partial charge < -0.3 is 48.7 Å². The summed E-state index contributed by atoms with van der Waals surface area (Å²) in [5, 5.41) is 44.1. The number of anilines is 2. The number of aryl methyl sites for hydroxylation is 6. The number of nitrogens with one attached hydrogen (secondary N) is 2. The molecule has 0 aliphatic carbocycles. The van der Waals surface area contributed by atoms with E-state index in [9.17, 15) is 135 Å². The number of nitrogens with zero attached hydrogens (tertiary/aromatic N) is 6. The predicted octanol–water partition coefficient (Wildman–Crippen LogP) is 31.2. The molecule has 0 unspecified atom stereocenters. The van der Waals surface area contributed by atoms with Crippen molar-refractivity contribution in [2.24, 2.45) is 9.98 Å². The van der Waals surface area contributed by atoms with Gasteiger partial charge in [0.1, 0.15) is 56.4 Å². The molecule has 2 amide bonds. The van der Waals surface area contributed by atoms with Crippen molar-refractivity contribution in [3.63, 3.8) is 0 Å². The lowest BCUT2D eigenvalue weighted by Crippen LogP contribution is -2.54. The summed E-state index contributed by atoms with van der Waals surface area (Å²) in [5.41, 5.74) is -24.6. The number of alkyl halides is 24. The minimum Gasteiger partial charge on any atom is -0.506 e. The first-order chi connectivity index (χ1) is 66.2. The van der Waals surface area contributed by atoms with Gasteiger partial charge in [-0.3, -0.25) is 19.6 Å². The summed E-state index contributed by atoms with van der Waals surface area (Å²) < 4.78 is 370. The number of amides is 2. The van der Waals surface area contributed by atoms with Crippen LogP contribution in [-0.4, -0.2) is 114 Å². The standard InChI is InChI=1S/C25H20F6N2O4.2C25H16F6N2O2.C25H20F6N2O2.4CH4/c1-13-4-3-5-15(10-13)22(37)33-19-12-17(7-9-21(19)36)23(24(26,27)28,25(29,30)31)16-6-8-20(35)18(11-16)32-14(2)34;2*1-13-4-3-5-15(10-13)22-33-19-12-17(7-9-21(19)35-22)23(24(26,27)28,25(29,30)31)16-6-8-20-18(11-16)32-14(2)34-20;1-3-32-19-12-17(7-9-21(19)34)23(24(26,27)28,25(29,30)31)18-8-10-22(35)20(13-18)33-14-16-6-4-5-15(2)11-16;;;;/h3-12,35-36H,1-2H3,(H,32,34)(H,33,37);2*3-12H,1-2H3;3-14,34-35H,1-2H3;4*1H4. The molecule has 0 aliphatic heterocycles. The highest BCUT2D eigenvalue weighted by molar-refractivity contribution is 6.05. The second-order valence-electron chi connectivity index (χ2n) is 32.4. The molecule has 0 saturated heterocycles. The highest BCUT2D eigenvalue weighted by Crippen LogP contribution is 2.63. The van der Waals surface area contributed by atoms with E-state index >= 15 is 0 Å². The van der Waals surface area contributed by atoms with Crippen LogP contribution in [0.2, 0.25) is 0 Å². The number of phenols is 4. The second-order valence-corrected chi connectivity index (χ2v) is 32.4. The van der Waals surface area contributed by atoms with Crippen molar-refractivity contribution in [1.29, 1.82) is 0 Å². The molecule has 16 rings (SSSR count). The minimum absolute atomic E-state index is 0. The Kier molecular flexibility index (Phi) is 33.0. The van der Waals surface area contributed by atoms with Crippen LogP contribution in [0.4, 0.5) is 128 Å². The van der Waals surface area contributed by atoms with Crippen LogP contribution in [0.25, 0.3) is 67.3 Å². The average Bonchev–Trinajstić information content (AvgIpc) is 1.34. The van der Waals surface area contributed by atoms with Gasteiger partial charge in [-0.1, -0.05) is 161 Å². The number of benzene rings is 12. The number of oxazole rings is 4. The van der Waals surface area contributed by atoms with E-state index in [1.807, 2.05) is 31.3 Å². The number of fused-ring (bicyclic) bond motifs is 4. The zero-order chi connectivity index (χ0) is 104. The first-order valence-electron chi connectivity index (χ1n) is 41.5. The van der Waals surface area contributed by atoms with Gasteiger partial charge in [0.05, 0.1) is 11.4 Å². The molecule has 4 aromatic heterocycles. The number of aromatic hydroxyl groups is 4. The van der Waals surface area contributed by atoms with E-state index < -0.39 is 173 Å². The lowest BCUT2D eigenvalue weighted by molar-refractivity contribution is -0.290. The lowest BCUT2D eigenvalue weighted by Gasteiger charge is -2.38. The topological polar surface area (TPSA) is 268 Å². The fraction of sp³-hybridized carbons (Fsp3) is 0.231. The maximum absolute atomic E-state index is 14.6. The third-order valence-electron chi connectivity index (χ3n) is 22.6. The van der Waals surface area contributed by atoms with Crippen LogP contribution in [0.15, 0.2) is 270 Å². The van der Waals surface area contributed by atoms with Crippen molar-refractivity contribution in [1.82, 2.24) is 19.9 Å². The summed E-state index contributed by atoms with van der Waals surface area (Å²) in [6.45, 7) is 12.4. The number of rotatable bonds is 16. The molecule has 12 aromatic carbocycles. The summed E-state index contributed by atoms with van der Waals surface area (Å²) in [6.07, 6.45) is -44.3. The molecule has 0 atom stereocenters. The van der Waals surface area contributed by atoms with Gasteiger partial charge in [0.15, 0.2) is 34.1 Å². The second kappa shape index (κ2) is 42.3. The molecular formula is C104H88F24N8O10. The Morgan fingerprint density at radius 2 is 0.589 bits per heavy atom. The molecule has 0 aliphatic rings. The van der Waals surface area contributed by atoms with Crippen molar-refractivity contribution in [2.45, 2.75) is 156 Å². The van der Waals surface area contributed by atoms with Crippen LogP contribution in [0, 0.1) is 41.5 Å². The molecule has 4 heterocycles. The Morgan fingerprint density at radius 1 is 0.308 bits per heavy atom. The number of aliphatic imine (C=N–C) groups is 2. The van der Waals surface area contributed by atoms with Crippen LogP contribution in [0.5, 0.6) is 23.0 Å². The Labute approximate surface area is 815 Å². The average molecular weight is 2070 g/mol. The zero-order valence-electron chi connectivity index (χ0n) is 74.2. The van der Waals surface area contributed by atoms with Gasteiger partial charge in [0.2, 0.25) is 39.3 Å². The lowest BCUT2D eigenvalue weighted by atomic mass is 9.72. The predicted molar refractivity (Wildman–Crippen MR) is 502 cm³/mol. The van der Waals surface area contributed by atoms with E-state index in [4.69, 9.17) is 17.7 Å². The molecule has 772 valence electrons. The number of carbonyl (C=O) groups excluding carboxylic acids is 2. The quantitative estimate of drug-likeness (QED) is 0.0298. The van der Waals surface area contributed by atoms with Crippen LogP contribution < -0.4 is 10.6 Å². The monoisotopic (exact) mass is 2060 g/mol. The van der Waals surface area contributed by atoms with Gasteiger partial charge in [-0.05, 0) is 218 Å². The van der Waals surface area contributed by atoms with Crippen molar-refractivity contribution >= 4 is 91.4 Å². The normalized spacial score (nSPS) is 12.5. The zero-order valence-corrected chi connectivity index (χ0v) is 74.2. The Hall–Kier alpha value is -15.7. The van der Waals surface area contributed by atoms with Gasteiger partial charge >= 0.3 is 49.4 Å². The fourth-order valence-corrected chi connectivity index (χ4v) is 16.3. The SMILES string of the molecule is C.C.C.C.CC(=O)Nc1cc(C(c2ccc(O)c(NC(=O)c3cccc(C)c3)c2)(C(F)(F)F)C(F)(F)F)ccc1O.CC=Nc1cc(C(c2ccc(O)c(N=Cc3cccc(C)c3)c2)(C(F)(F)F)C(F)(F)F)ccc1O.Cc1cccc(-c2nc3cc(C(c4ccc5oc(C)nc5c4)(C(F)(F)F)C(F)(F)F)ccc3o2)c1.Cc1cccc(-c2nc3cc(C(c4ccc5oc(C)nc5c4)(C(F)(F)F)C(F)(F)F)ccc3o2)c1. The summed E-state index contributed by atoms with van der Waals surface area (Å²) >= 11 is 0. The number of aromatic nitrogens is 4. The van der Waals surface area contributed by atoms with Gasteiger partial charge in [-0.25, -0.2) is 19.9 Å². The summed E-state index contributed by atoms with van der Waals surface area (Å²) in [4.78, 5) is 47.8. The maximum atomic E-state index is 14.6. The summed E-state index contributed by atoms with van der Waals surface area (Å²) in [6, 6.07) is 43.7. The smallest absolute Gasteiger partial charge is 0.411 e. The highest BCUT2D eigenvalue weighted by Gasteiger charge is 2.76. The molecule has 0 saturated carbocycles. The van der Waals surface area contributed by atoms with E-state index in [0.717, 1.165) is 115 Å². The Morgan fingerprint density at radius 3 is 0.911 bits per heavy atom. The Balaban J connectivity index is 0.000000215. The third-order valence-corrected chi connectivity index (χ3v) is 22.6. The molecule has 0 fully saturated rings. The number of phenolic OH excluding ortho intramolecular Hbond substituents is 4. The molecule has 42 heteroatoms. The van der Waals surface area contributed by atoms with Crippen LogP contribution in [-0.2, 0) is 26.5 Å². The van der Waals surface area contributed by atoms with Crippen molar-refractivity contribution in [3.8, 4) is 45.9 Å². The van der Waals surface area contributed by atoms with Crippen LogP contribution in [0.1, 0.15) is 138 Å². The number of hydrogen-bond donors (Lipinski definition) is 6. The first-order valence-corrected chi connectivity index (χ1v) is 41.5. The largest absolute Gasteiger partial charge is 0.506 e. The molecule has 146 heavy (non-hydrogen) atoms. The first kappa shape index (κ1) is 114. The molecular weight excluding hydrogens is 1980 g/mol. The van der Waals surface area contributed by atoms with Gasteiger partial charge in [-0.15, -0.1) is 0 Å². The van der Waals surface area contributed by atoms with Crippen LogP contribution >= 0.6 is 0 Å². The van der Waals surface area contributed by atoms with E-state index in [1.165, 1.54) is 45.2 Å². The van der Waals surface area contributed by atoms with Gasteiger partial charge in [0, 0.05) is 49.9 Å². The molecule has 18 nitrogen and oxygen atoms in total. The van der Waals surface area contributed by atoms with Crippen molar-refractivity contribution in [3.05, 3.63) is 332 Å². The summed E-state index contributed by atoms with van der Waals surface area (Å²) in [7, 11) is 0. The number of hydrogen-bond acceptors (Lipinski definition) is 16. The molecule has 0 spiro atoms. The maximum Gasteiger partial charge on any atom is 0.411 e. The molecule has 0 radical (unpaired) electrons. The van der Waals surface area contributed by atoms with E-state index in [2.05, 4.69) is 35.2 Å². The number of halogens is 24. The van der Waals surface area contributed by atoms with Crippen molar-refractivity contribution < 1.29 is 153 Å². The molecule has 6 N–H and O–H groups in total. The third kappa shape index (κ3) is 21.9. The Bertz CT molecular complexity index is 7220. The number of carbonyl (C=O) groups is 2. The van der Waals surface area contributed by atoms with Gasteiger partial charge in [-0.2, -0.15) is 105 Å². The van der Waals surface area contributed by atoms with E-state index in [0.29, 0.717) is 82.9 Å². The molecule has 0 bridgehead atoms. The van der Waals surface area contributed by atoms with Crippen LogP contribution in [0.3, 0.4) is 0 Å². The van der Waals surface area contributed by atoms with E-state index in [1.54, 1.807) is 80.6 Å². The highest BCUT2D eigenvalue weighted by atomic mass is 19.4. The molecule has 16 aromatic rings. The van der Waals surface area contributed by atoms with Gasteiger partial charge in [0.25, 0.3) is 5.91 Å². The fourth-order valence-electron chi connectivity index (χ4n) is 16.3. The van der Waals surface area contributed by atoms with E-state index in [-0.39, 0.29) is 103 Å². The summed E-state index contributed by atoms with van der Waals surface area (Å²) in [5.74, 6) is -4.01.